The van der Waals surface area contributed by atoms with Gasteiger partial charge in [-0.15, -0.1) is 0 Å². The lowest BCUT2D eigenvalue weighted by molar-refractivity contribution is -0.129. The summed E-state index contributed by atoms with van der Waals surface area (Å²) in [7, 11) is 0. The van der Waals surface area contributed by atoms with Gasteiger partial charge in [-0.25, -0.2) is 4.79 Å². The Labute approximate surface area is 170 Å². The molecule has 2 aromatic heterocycles. The highest BCUT2D eigenvalue weighted by Gasteiger charge is 2.22. The van der Waals surface area contributed by atoms with Crippen LogP contribution in [0.1, 0.15) is 40.0 Å². The van der Waals surface area contributed by atoms with E-state index >= 15 is 0 Å². The number of esters is 1. The Morgan fingerprint density at radius 1 is 1.14 bits per heavy atom. The number of benzene rings is 1. The van der Waals surface area contributed by atoms with Gasteiger partial charge < -0.3 is 19.0 Å². The number of aryl methyl sites for hydroxylation is 1. The number of rotatable bonds is 8. The summed E-state index contributed by atoms with van der Waals surface area (Å²) in [5.74, 6) is -0.00828. The van der Waals surface area contributed by atoms with Crippen molar-refractivity contribution in [1.29, 1.82) is 0 Å². The van der Waals surface area contributed by atoms with Crippen LogP contribution in [0.2, 0.25) is 0 Å². The fraction of sp³-hybridized carbons (Fsp3) is 0.304. The number of hydrogen-bond acceptors (Lipinski definition) is 4. The standard InChI is InChI=1S/C23H26N2O4/c1-16-14-21(17(2)25(16)15-20-10-7-13-28-20)23(27)29-18(3)22(26)24-12-11-19-8-5-4-6-9-19/h4-10,13-14,18H,11-12,15H2,1-3H3,(H,24,26)/t18-/m1/s1. The quantitative estimate of drug-likeness (QED) is 0.592. The Morgan fingerprint density at radius 3 is 2.59 bits per heavy atom. The first-order valence-corrected chi connectivity index (χ1v) is 9.67. The average Bonchev–Trinajstić information content (AvgIpc) is 3.32. The molecule has 0 unspecified atom stereocenters. The van der Waals surface area contributed by atoms with Gasteiger partial charge in [-0.3, -0.25) is 4.79 Å². The van der Waals surface area contributed by atoms with Gasteiger partial charge in [-0.2, -0.15) is 0 Å². The van der Waals surface area contributed by atoms with Crippen molar-refractivity contribution in [2.75, 3.05) is 6.54 Å². The fourth-order valence-electron chi connectivity index (χ4n) is 3.21. The van der Waals surface area contributed by atoms with Gasteiger partial charge in [0.25, 0.3) is 5.91 Å². The molecule has 1 amide bonds. The SMILES string of the molecule is Cc1cc(C(=O)O[C@H](C)C(=O)NCCc2ccccc2)c(C)n1Cc1ccco1. The molecule has 0 bridgehead atoms. The number of aromatic nitrogens is 1. The summed E-state index contributed by atoms with van der Waals surface area (Å²) in [6.45, 7) is 6.39. The number of nitrogens with zero attached hydrogens (tertiary/aromatic N) is 1. The molecule has 152 valence electrons. The molecule has 29 heavy (non-hydrogen) atoms. The van der Waals surface area contributed by atoms with Crippen molar-refractivity contribution in [1.82, 2.24) is 9.88 Å². The summed E-state index contributed by atoms with van der Waals surface area (Å²) in [5.41, 5.74) is 3.30. The second kappa shape index (κ2) is 9.28. The molecule has 3 aromatic rings. The molecule has 1 N–H and O–H groups in total. The van der Waals surface area contributed by atoms with E-state index in [-0.39, 0.29) is 5.91 Å². The van der Waals surface area contributed by atoms with Gasteiger partial charge in [0, 0.05) is 17.9 Å². The van der Waals surface area contributed by atoms with Crippen LogP contribution >= 0.6 is 0 Å². The minimum Gasteiger partial charge on any atom is -0.467 e. The van der Waals surface area contributed by atoms with Crippen molar-refractivity contribution in [2.45, 2.75) is 39.8 Å². The molecule has 0 radical (unpaired) electrons. The molecule has 6 heteroatoms. The lowest BCUT2D eigenvalue weighted by Gasteiger charge is -2.14. The van der Waals surface area contributed by atoms with Crippen LogP contribution < -0.4 is 5.32 Å². The van der Waals surface area contributed by atoms with Gasteiger partial charge in [0.15, 0.2) is 6.10 Å². The van der Waals surface area contributed by atoms with E-state index in [1.165, 1.54) is 0 Å². The number of carbonyl (C=O) groups is 2. The molecule has 2 heterocycles. The van der Waals surface area contributed by atoms with Crippen LogP contribution in [0.5, 0.6) is 0 Å². The third-order valence-corrected chi connectivity index (χ3v) is 4.90. The highest BCUT2D eigenvalue weighted by atomic mass is 16.5. The lowest BCUT2D eigenvalue weighted by atomic mass is 10.1. The molecule has 3 rings (SSSR count). The third-order valence-electron chi connectivity index (χ3n) is 4.90. The number of hydrogen-bond donors (Lipinski definition) is 1. The summed E-state index contributed by atoms with van der Waals surface area (Å²) in [5, 5.41) is 2.81. The molecular weight excluding hydrogens is 368 g/mol. The predicted molar refractivity (Wildman–Crippen MR) is 110 cm³/mol. The third kappa shape index (κ3) is 5.16. The van der Waals surface area contributed by atoms with Crippen molar-refractivity contribution in [3.8, 4) is 0 Å². The topological polar surface area (TPSA) is 73.5 Å². The van der Waals surface area contributed by atoms with E-state index in [1.54, 1.807) is 19.3 Å². The van der Waals surface area contributed by atoms with Gasteiger partial charge in [0.2, 0.25) is 0 Å². The fourth-order valence-corrected chi connectivity index (χ4v) is 3.21. The van der Waals surface area contributed by atoms with Crippen LogP contribution in [0.4, 0.5) is 0 Å². The zero-order valence-electron chi connectivity index (χ0n) is 17.0. The smallest absolute Gasteiger partial charge is 0.340 e. The van der Waals surface area contributed by atoms with Crippen LogP contribution in [0.3, 0.4) is 0 Å². The molecule has 0 saturated heterocycles. The summed E-state index contributed by atoms with van der Waals surface area (Å²) < 4.78 is 12.8. The number of ether oxygens (including phenoxy) is 1. The second-order valence-corrected chi connectivity index (χ2v) is 7.02. The van der Waals surface area contributed by atoms with Crippen LogP contribution in [0.15, 0.2) is 59.2 Å². The number of nitrogens with one attached hydrogen (secondary N) is 1. The number of carbonyl (C=O) groups excluding carboxylic acids is 2. The average molecular weight is 394 g/mol. The Morgan fingerprint density at radius 2 is 1.90 bits per heavy atom. The minimum absolute atomic E-state index is 0.307. The molecule has 0 aliphatic heterocycles. The molecule has 0 aliphatic rings. The van der Waals surface area contributed by atoms with Crippen molar-refractivity contribution in [3.63, 3.8) is 0 Å². The predicted octanol–water partition coefficient (Wildman–Crippen LogP) is 3.65. The maximum Gasteiger partial charge on any atom is 0.340 e. The van der Waals surface area contributed by atoms with Gasteiger partial charge in [0.05, 0.1) is 18.4 Å². The van der Waals surface area contributed by atoms with Crippen molar-refractivity contribution in [2.24, 2.45) is 0 Å². The van der Waals surface area contributed by atoms with Crippen LogP contribution in [-0.2, 0) is 22.5 Å². The van der Waals surface area contributed by atoms with Crippen molar-refractivity contribution >= 4 is 11.9 Å². The Hall–Kier alpha value is -3.28. The summed E-state index contributed by atoms with van der Waals surface area (Å²) in [6, 6.07) is 15.4. The van der Waals surface area contributed by atoms with Crippen LogP contribution in [0.25, 0.3) is 0 Å². The largest absolute Gasteiger partial charge is 0.467 e. The van der Waals surface area contributed by atoms with Gasteiger partial charge >= 0.3 is 5.97 Å². The maximum absolute atomic E-state index is 12.6. The van der Waals surface area contributed by atoms with Crippen molar-refractivity contribution in [3.05, 3.63) is 83.1 Å². The summed E-state index contributed by atoms with van der Waals surface area (Å²) >= 11 is 0. The number of amides is 1. The maximum atomic E-state index is 12.6. The Bertz CT molecular complexity index is 958. The van der Waals surface area contributed by atoms with E-state index in [0.29, 0.717) is 18.7 Å². The van der Waals surface area contributed by atoms with Gasteiger partial charge in [0.1, 0.15) is 5.76 Å². The first-order valence-electron chi connectivity index (χ1n) is 9.67. The van der Waals surface area contributed by atoms with Crippen LogP contribution in [0, 0.1) is 13.8 Å². The normalized spacial score (nSPS) is 11.8. The number of furan rings is 1. The molecule has 0 fully saturated rings. The Balaban J connectivity index is 1.55. The van der Waals surface area contributed by atoms with E-state index in [9.17, 15) is 9.59 Å². The molecule has 0 aliphatic carbocycles. The van der Waals surface area contributed by atoms with Gasteiger partial charge in [-0.05, 0) is 51.0 Å². The first kappa shape index (κ1) is 20.5. The Kier molecular flexibility index (Phi) is 6.54. The zero-order chi connectivity index (χ0) is 20.8. The molecule has 0 saturated carbocycles. The van der Waals surface area contributed by atoms with Crippen molar-refractivity contribution < 1.29 is 18.7 Å². The highest BCUT2D eigenvalue weighted by Crippen LogP contribution is 2.19. The molecular formula is C23H26N2O4. The van der Waals surface area contributed by atoms with E-state index in [4.69, 9.17) is 9.15 Å². The second-order valence-electron chi connectivity index (χ2n) is 7.02. The lowest BCUT2D eigenvalue weighted by Crippen LogP contribution is -2.37. The molecule has 6 nitrogen and oxygen atoms in total. The minimum atomic E-state index is -0.869. The van der Waals surface area contributed by atoms with E-state index in [0.717, 1.165) is 29.1 Å². The first-order chi connectivity index (χ1) is 14.0. The van der Waals surface area contributed by atoms with E-state index in [1.807, 2.05) is 60.9 Å². The molecule has 0 spiro atoms. The molecule has 1 aromatic carbocycles. The summed E-state index contributed by atoms with van der Waals surface area (Å²) in [4.78, 5) is 24.9. The zero-order valence-corrected chi connectivity index (χ0v) is 17.0. The molecule has 1 atom stereocenters. The van der Waals surface area contributed by atoms with Gasteiger partial charge in [-0.1, -0.05) is 30.3 Å². The van der Waals surface area contributed by atoms with Crippen LogP contribution in [-0.4, -0.2) is 29.1 Å². The monoisotopic (exact) mass is 394 g/mol. The van der Waals surface area contributed by atoms with E-state index < -0.39 is 12.1 Å². The van der Waals surface area contributed by atoms with E-state index in [2.05, 4.69) is 5.32 Å². The highest BCUT2D eigenvalue weighted by molar-refractivity contribution is 5.93. The summed E-state index contributed by atoms with van der Waals surface area (Å²) in [6.07, 6.45) is 1.48.